The van der Waals surface area contributed by atoms with Crippen LogP contribution < -0.4 is 5.76 Å². The molecule has 3 nitrogen and oxygen atoms in total. The van der Waals surface area contributed by atoms with Crippen molar-refractivity contribution >= 4 is 43.0 Å². The lowest BCUT2D eigenvalue weighted by atomic mass is 10.0. The van der Waals surface area contributed by atoms with Crippen molar-refractivity contribution in [1.29, 1.82) is 0 Å². The first-order valence-corrected chi connectivity index (χ1v) is 8.18. The van der Waals surface area contributed by atoms with E-state index in [4.69, 9.17) is 4.42 Å². The van der Waals surface area contributed by atoms with Crippen LogP contribution in [0, 0.1) is 6.92 Å². The first kappa shape index (κ1) is 14.6. The van der Waals surface area contributed by atoms with Gasteiger partial charge in [-0.1, -0.05) is 44.0 Å². The van der Waals surface area contributed by atoms with E-state index < -0.39 is 0 Å². The predicted molar refractivity (Wildman–Crippen MR) is 91.1 cm³/mol. The lowest BCUT2D eigenvalue weighted by Gasteiger charge is -2.14. The van der Waals surface area contributed by atoms with Gasteiger partial charge < -0.3 is 4.42 Å². The van der Waals surface area contributed by atoms with E-state index in [1.807, 2.05) is 24.3 Å². The third-order valence-corrected chi connectivity index (χ3v) is 5.13. The Morgan fingerprint density at radius 1 is 1.19 bits per heavy atom. The Hall–Kier alpha value is -1.33. The Bertz CT molecular complexity index is 880. The highest BCUT2D eigenvalue weighted by atomic mass is 79.9. The average Bonchev–Trinajstić information content (AvgIpc) is 2.73. The summed E-state index contributed by atoms with van der Waals surface area (Å²) in [5.41, 5.74) is 4.86. The number of benzene rings is 2. The Labute approximate surface area is 138 Å². The standard InChI is InChI=1S/C16H13Br2NO2/c1-9-7-11(17)4-5-12(9)15(18)10-3-6-13-14(8-10)21-16(20)19(13)2/h3-8,15H,1-2H3. The van der Waals surface area contributed by atoms with Crippen LogP contribution in [0.4, 0.5) is 0 Å². The van der Waals surface area contributed by atoms with Gasteiger partial charge in [0.1, 0.15) is 0 Å². The zero-order valence-electron chi connectivity index (χ0n) is 11.6. The van der Waals surface area contributed by atoms with Crippen molar-refractivity contribution in [3.63, 3.8) is 0 Å². The SMILES string of the molecule is Cc1cc(Br)ccc1C(Br)c1ccc2c(c1)oc(=O)n2C. The molecule has 5 heteroatoms. The normalized spacial score (nSPS) is 12.8. The van der Waals surface area contributed by atoms with Crippen molar-refractivity contribution in [3.05, 3.63) is 68.1 Å². The molecular weight excluding hydrogens is 398 g/mol. The molecule has 2 aromatic carbocycles. The van der Waals surface area contributed by atoms with Gasteiger partial charge >= 0.3 is 5.76 Å². The summed E-state index contributed by atoms with van der Waals surface area (Å²) in [6, 6.07) is 12.0. The van der Waals surface area contributed by atoms with Gasteiger partial charge in [0.15, 0.2) is 5.58 Å². The summed E-state index contributed by atoms with van der Waals surface area (Å²) >= 11 is 7.22. The summed E-state index contributed by atoms with van der Waals surface area (Å²) in [5.74, 6) is -0.340. The van der Waals surface area contributed by atoms with Gasteiger partial charge in [-0.05, 0) is 47.9 Å². The van der Waals surface area contributed by atoms with Gasteiger partial charge in [-0.2, -0.15) is 0 Å². The molecule has 0 bridgehead atoms. The molecule has 1 heterocycles. The van der Waals surface area contributed by atoms with Crippen LogP contribution in [0.3, 0.4) is 0 Å². The maximum Gasteiger partial charge on any atom is 0.419 e. The minimum Gasteiger partial charge on any atom is -0.408 e. The minimum atomic E-state index is -0.340. The van der Waals surface area contributed by atoms with E-state index in [2.05, 4.69) is 50.9 Å². The van der Waals surface area contributed by atoms with E-state index in [-0.39, 0.29) is 10.6 Å². The summed E-state index contributed by atoms with van der Waals surface area (Å²) in [4.78, 5) is 11.6. The fourth-order valence-electron chi connectivity index (χ4n) is 2.41. The third kappa shape index (κ3) is 2.60. The van der Waals surface area contributed by atoms with Gasteiger partial charge in [-0.25, -0.2) is 4.79 Å². The number of aryl methyl sites for hydroxylation is 2. The number of alkyl halides is 1. The number of oxazole rings is 1. The number of halogens is 2. The van der Waals surface area contributed by atoms with E-state index in [9.17, 15) is 4.79 Å². The van der Waals surface area contributed by atoms with Crippen molar-refractivity contribution in [2.45, 2.75) is 11.8 Å². The summed E-state index contributed by atoms with van der Waals surface area (Å²) < 4.78 is 7.82. The monoisotopic (exact) mass is 409 g/mol. The molecule has 0 fully saturated rings. The van der Waals surface area contributed by atoms with Gasteiger partial charge in [0.2, 0.25) is 0 Å². The molecule has 1 atom stereocenters. The number of hydrogen-bond acceptors (Lipinski definition) is 2. The van der Waals surface area contributed by atoms with Crippen molar-refractivity contribution in [1.82, 2.24) is 4.57 Å². The van der Waals surface area contributed by atoms with Crippen LogP contribution in [-0.2, 0) is 7.05 Å². The van der Waals surface area contributed by atoms with E-state index >= 15 is 0 Å². The Balaban J connectivity index is 2.09. The first-order chi connectivity index (χ1) is 9.97. The van der Waals surface area contributed by atoms with Crippen LogP contribution in [0.15, 0.2) is 50.1 Å². The maximum absolute atomic E-state index is 11.6. The largest absolute Gasteiger partial charge is 0.419 e. The molecule has 0 N–H and O–H groups in total. The highest BCUT2D eigenvalue weighted by Gasteiger charge is 2.15. The summed E-state index contributed by atoms with van der Waals surface area (Å²) in [6.45, 7) is 2.08. The van der Waals surface area contributed by atoms with Crippen molar-refractivity contribution < 1.29 is 4.42 Å². The second kappa shape index (κ2) is 5.46. The molecule has 3 aromatic rings. The number of rotatable bonds is 2. The van der Waals surface area contributed by atoms with E-state index in [1.165, 1.54) is 15.7 Å². The molecule has 0 aliphatic rings. The Kier molecular flexibility index (Phi) is 3.80. The van der Waals surface area contributed by atoms with Gasteiger partial charge in [0, 0.05) is 11.5 Å². The molecule has 0 saturated heterocycles. The van der Waals surface area contributed by atoms with Gasteiger partial charge in [-0.3, -0.25) is 4.57 Å². The molecule has 1 aromatic heterocycles. The van der Waals surface area contributed by atoms with Gasteiger partial charge in [0.05, 0.1) is 10.3 Å². The second-order valence-electron chi connectivity index (χ2n) is 5.02. The van der Waals surface area contributed by atoms with Crippen molar-refractivity contribution in [2.24, 2.45) is 7.05 Å². The fourth-order valence-corrected chi connectivity index (χ4v) is 3.69. The van der Waals surface area contributed by atoms with Crippen LogP contribution in [0.2, 0.25) is 0 Å². The number of nitrogens with zero attached hydrogens (tertiary/aromatic N) is 1. The Morgan fingerprint density at radius 2 is 1.95 bits per heavy atom. The lowest BCUT2D eigenvalue weighted by molar-refractivity contribution is 0.528. The van der Waals surface area contributed by atoms with E-state index in [1.54, 1.807) is 7.05 Å². The van der Waals surface area contributed by atoms with Crippen LogP contribution in [-0.4, -0.2) is 4.57 Å². The van der Waals surface area contributed by atoms with Crippen LogP contribution in [0.5, 0.6) is 0 Å². The Morgan fingerprint density at radius 3 is 2.67 bits per heavy atom. The number of fused-ring (bicyclic) bond motifs is 1. The zero-order chi connectivity index (χ0) is 15.1. The molecule has 1 unspecified atom stereocenters. The van der Waals surface area contributed by atoms with Crippen LogP contribution in [0.25, 0.3) is 11.1 Å². The number of aromatic nitrogens is 1. The molecule has 0 saturated carbocycles. The fraction of sp³-hybridized carbons (Fsp3) is 0.188. The van der Waals surface area contributed by atoms with Crippen LogP contribution in [0.1, 0.15) is 21.5 Å². The quantitative estimate of drug-likeness (QED) is 0.574. The highest BCUT2D eigenvalue weighted by molar-refractivity contribution is 9.10. The first-order valence-electron chi connectivity index (χ1n) is 6.47. The van der Waals surface area contributed by atoms with Crippen molar-refractivity contribution in [3.8, 4) is 0 Å². The summed E-state index contributed by atoms with van der Waals surface area (Å²) in [7, 11) is 1.71. The zero-order valence-corrected chi connectivity index (χ0v) is 14.7. The molecule has 0 aliphatic carbocycles. The van der Waals surface area contributed by atoms with Gasteiger partial charge in [-0.15, -0.1) is 0 Å². The summed E-state index contributed by atoms with van der Waals surface area (Å²) in [5, 5.41) is 0. The topological polar surface area (TPSA) is 35.1 Å². The molecule has 0 spiro atoms. The van der Waals surface area contributed by atoms with Crippen LogP contribution >= 0.6 is 31.9 Å². The highest BCUT2D eigenvalue weighted by Crippen LogP contribution is 2.35. The van der Waals surface area contributed by atoms with E-state index in [0.717, 1.165) is 15.6 Å². The average molecular weight is 411 g/mol. The van der Waals surface area contributed by atoms with Gasteiger partial charge in [0.25, 0.3) is 0 Å². The predicted octanol–water partition coefficient (Wildman–Crippen LogP) is 4.69. The number of hydrogen-bond donors (Lipinski definition) is 0. The second-order valence-corrected chi connectivity index (χ2v) is 6.85. The molecule has 21 heavy (non-hydrogen) atoms. The molecule has 0 aliphatic heterocycles. The smallest absolute Gasteiger partial charge is 0.408 e. The molecule has 3 rings (SSSR count). The molecule has 0 radical (unpaired) electrons. The molecular formula is C16H13Br2NO2. The minimum absolute atomic E-state index is 0.0560. The lowest BCUT2D eigenvalue weighted by Crippen LogP contribution is -2.08. The third-order valence-electron chi connectivity index (χ3n) is 3.61. The molecule has 0 amide bonds. The van der Waals surface area contributed by atoms with Crippen molar-refractivity contribution in [2.75, 3.05) is 0 Å². The maximum atomic E-state index is 11.6. The van der Waals surface area contributed by atoms with E-state index in [0.29, 0.717) is 5.58 Å². The molecule has 108 valence electrons. The summed E-state index contributed by atoms with van der Waals surface area (Å²) in [6.07, 6.45) is 0.